The average Bonchev–Trinajstić information content (AvgIpc) is 2.29. The fourth-order valence-electron chi connectivity index (χ4n) is 1.44. The van der Waals surface area contributed by atoms with Crippen molar-refractivity contribution in [2.45, 2.75) is 6.92 Å². The van der Waals surface area contributed by atoms with Gasteiger partial charge in [0.1, 0.15) is 6.34 Å². The van der Waals surface area contributed by atoms with Crippen LogP contribution in [0.4, 0.5) is 11.4 Å². The number of hydrogen-bond donors (Lipinski definition) is 1. The summed E-state index contributed by atoms with van der Waals surface area (Å²) >= 11 is 0. The van der Waals surface area contributed by atoms with Crippen LogP contribution in [0.1, 0.15) is 5.56 Å². The second-order valence-corrected chi connectivity index (χ2v) is 3.30. The molecule has 0 aromatic heterocycles. The molecule has 0 amide bonds. The van der Waals surface area contributed by atoms with Gasteiger partial charge in [0, 0.05) is 24.0 Å². The van der Waals surface area contributed by atoms with Gasteiger partial charge in [-0.15, -0.1) is 0 Å². The van der Waals surface area contributed by atoms with E-state index >= 15 is 0 Å². The summed E-state index contributed by atoms with van der Waals surface area (Å²) in [4.78, 5) is 14.1. The van der Waals surface area contributed by atoms with Crippen molar-refractivity contribution in [1.29, 1.82) is 0 Å². The van der Waals surface area contributed by atoms with Crippen LogP contribution in [0.25, 0.3) is 0 Å². The van der Waals surface area contributed by atoms with E-state index < -0.39 is 0 Å². The van der Waals surface area contributed by atoms with E-state index in [2.05, 4.69) is 10.4 Å². The number of hydrazine groups is 1. The van der Waals surface area contributed by atoms with Crippen molar-refractivity contribution in [2.24, 2.45) is 4.99 Å². The van der Waals surface area contributed by atoms with Crippen molar-refractivity contribution in [3.05, 3.63) is 46.3 Å². The van der Waals surface area contributed by atoms with Crippen molar-refractivity contribution in [2.75, 3.05) is 5.01 Å². The minimum Gasteiger partial charge on any atom is -0.284 e. The predicted molar refractivity (Wildman–Crippen MR) is 61.1 cm³/mol. The maximum Gasteiger partial charge on any atom is 0.272 e. The largest absolute Gasteiger partial charge is 0.284 e. The Labute approximate surface area is 92.0 Å². The predicted octanol–water partition coefficient (Wildman–Crippen LogP) is 1.73. The molecule has 16 heavy (non-hydrogen) atoms. The monoisotopic (exact) mass is 218 g/mol. The number of nitrogens with zero attached hydrogens (tertiary/aromatic N) is 3. The van der Waals surface area contributed by atoms with Gasteiger partial charge in [0.15, 0.2) is 0 Å². The molecule has 0 unspecified atom stereocenters. The number of hydrogen-bond acceptors (Lipinski definition) is 5. The Morgan fingerprint density at radius 3 is 2.88 bits per heavy atom. The third-order valence-electron chi connectivity index (χ3n) is 2.23. The molecule has 82 valence electrons. The zero-order valence-corrected chi connectivity index (χ0v) is 8.62. The Kier molecular flexibility index (Phi) is 2.55. The number of benzene rings is 1. The van der Waals surface area contributed by atoms with E-state index in [1.165, 1.54) is 12.4 Å². The van der Waals surface area contributed by atoms with Crippen LogP contribution in [0.3, 0.4) is 0 Å². The number of aryl methyl sites for hydroxylation is 1. The van der Waals surface area contributed by atoms with E-state index in [-0.39, 0.29) is 10.6 Å². The summed E-state index contributed by atoms with van der Waals surface area (Å²) < 4.78 is 0. The molecule has 1 aromatic rings. The first-order valence-electron chi connectivity index (χ1n) is 4.67. The van der Waals surface area contributed by atoms with Crippen LogP contribution in [0.15, 0.2) is 35.6 Å². The summed E-state index contributed by atoms with van der Waals surface area (Å²) in [6, 6.07) is 4.92. The fourth-order valence-corrected chi connectivity index (χ4v) is 1.44. The highest BCUT2D eigenvalue weighted by Crippen LogP contribution is 2.23. The smallest absolute Gasteiger partial charge is 0.272 e. The molecule has 1 heterocycles. The molecular formula is C10H10N4O2. The second-order valence-electron chi connectivity index (χ2n) is 3.30. The van der Waals surface area contributed by atoms with Gasteiger partial charge in [-0.1, -0.05) is 0 Å². The lowest BCUT2D eigenvalue weighted by molar-refractivity contribution is -0.385. The molecule has 6 nitrogen and oxygen atoms in total. The number of nitrogens with one attached hydrogen (secondary N) is 1. The first-order chi connectivity index (χ1) is 7.68. The minimum absolute atomic E-state index is 0.124. The molecule has 1 N–H and O–H groups in total. The molecule has 0 bridgehead atoms. The lowest BCUT2D eigenvalue weighted by Gasteiger charge is -2.21. The number of anilines is 1. The topological polar surface area (TPSA) is 70.8 Å². The van der Waals surface area contributed by atoms with E-state index in [1.54, 1.807) is 36.5 Å². The molecule has 1 aliphatic heterocycles. The summed E-state index contributed by atoms with van der Waals surface area (Å²) in [5, 5.41) is 12.4. The quantitative estimate of drug-likeness (QED) is 0.606. The minimum atomic E-state index is -0.389. The summed E-state index contributed by atoms with van der Waals surface area (Å²) in [6.45, 7) is 1.71. The van der Waals surface area contributed by atoms with Crippen LogP contribution >= 0.6 is 0 Å². The van der Waals surface area contributed by atoms with E-state index in [0.717, 1.165) is 5.69 Å². The molecule has 0 atom stereocenters. The summed E-state index contributed by atoms with van der Waals surface area (Å²) in [5.74, 6) is 0. The van der Waals surface area contributed by atoms with Gasteiger partial charge in [-0.2, -0.15) is 0 Å². The molecular weight excluding hydrogens is 208 g/mol. The normalized spacial score (nSPS) is 13.7. The lowest BCUT2D eigenvalue weighted by Crippen LogP contribution is -2.33. The Hall–Kier alpha value is -2.37. The Bertz CT molecular complexity index is 482. The van der Waals surface area contributed by atoms with Gasteiger partial charge in [-0.25, -0.2) is 4.99 Å². The maximum absolute atomic E-state index is 10.7. The van der Waals surface area contributed by atoms with E-state index in [1.807, 2.05) is 0 Å². The second kappa shape index (κ2) is 4.01. The molecule has 1 aromatic carbocycles. The first kappa shape index (κ1) is 10.2. The molecule has 0 saturated carbocycles. The van der Waals surface area contributed by atoms with E-state index in [4.69, 9.17) is 0 Å². The van der Waals surface area contributed by atoms with Crippen molar-refractivity contribution in [3.63, 3.8) is 0 Å². The van der Waals surface area contributed by atoms with Crippen LogP contribution in [0, 0.1) is 17.0 Å². The van der Waals surface area contributed by atoms with Crippen LogP contribution < -0.4 is 10.4 Å². The van der Waals surface area contributed by atoms with Gasteiger partial charge < -0.3 is 0 Å². The molecule has 0 spiro atoms. The molecule has 0 aliphatic carbocycles. The Balaban J connectivity index is 2.31. The highest BCUT2D eigenvalue weighted by Gasteiger charge is 2.12. The van der Waals surface area contributed by atoms with E-state index in [0.29, 0.717) is 5.56 Å². The maximum atomic E-state index is 10.7. The van der Waals surface area contributed by atoms with Crippen molar-refractivity contribution in [3.8, 4) is 0 Å². The van der Waals surface area contributed by atoms with Crippen molar-refractivity contribution in [1.82, 2.24) is 5.43 Å². The van der Waals surface area contributed by atoms with Crippen molar-refractivity contribution < 1.29 is 4.92 Å². The molecule has 0 saturated heterocycles. The van der Waals surface area contributed by atoms with Gasteiger partial charge in [0.25, 0.3) is 5.69 Å². The number of nitro benzene ring substituents is 1. The fraction of sp³-hybridized carbons (Fsp3) is 0.100. The molecule has 0 fully saturated rings. The standard InChI is InChI=1S/C10H10N4O2/c1-8-6-9(2-3-10(8)14(15)16)13-5-4-11-7-12-13/h2-7H,1H3,(H,11,12). The van der Waals surface area contributed by atoms with Crippen LogP contribution in [-0.2, 0) is 0 Å². The zero-order chi connectivity index (χ0) is 11.5. The lowest BCUT2D eigenvalue weighted by atomic mass is 10.2. The highest BCUT2D eigenvalue weighted by atomic mass is 16.6. The van der Waals surface area contributed by atoms with Gasteiger partial charge in [0.05, 0.1) is 10.6 Å². The third kappa shape index (κ3) is 1.85. The molecule has 6 heteroatoms. The third-order valence-corrected chi connectivity index (χ3v) is 2.23. The van der Waals surface area contributed by atoms with Crippen LogP contribution in [0.5, 0.6) is 0 Å². The number of rotatable bonds is 2. The van der Waals surface area contributed by atoms with Gasteiger partial charge in [-0.05, 0) is 19.1 Å². The number of aliphatic imine (C=N–C) groups is 1. The first-order valence-corrected chi connectivity index (χ1v) is 4.67. The SMILES string of the molecule is Cc1cc(N2C=CN=CN2)ccc1[N+](=O)[O-]. The van der Waals surface area contributed by atoms with Crippen LogP contribution in [0.2, 0.25) is 0 Å². The number of nitro groups is 1. The van der Waals surface area contributed by atoms with Crippen LogP contribution in [-0.4, -0.2) is 11.3 Å². The molecule has 0 radical (unpaired) electrons. The summed E-state index contributed by atoms with van der Waals surface area (Å²) in [6.07, 6.45) is 4.91. The van der Waals surface area contributed by atoms with Gasteiger partial charge >= 0.3 is 0 Å². The Morgan fingerprint density at radius 2 is 2.31 bits per heavy atom. The Morgan fingerprint density at radius 1 is 1.50 bits per heavy atom. The van der Waals surface area contributed by atoms with Crippen molar-refractivity contribution >= 4 is 17.7 Å². The zero-order valence-electron chi connectivity index (χ0n) is 8.62. The molecule has 2 rings (SSSR count). The van der Waals surface area contributed by atoms with Gasteiger partial charge in [-0.3, -0.25) is 20.5 Å². The highest BCUT2D eigenvalue weighted by molar-refractivity contribution is 5.65. The van der Waals surface area contributed by atoms with E-state index in [9.17, 15) is 10.1 Å². The molecule has 1 aliphatic rings. The summed E-state index contributed by atoms with van der Waals surface area (Å²) in [5.41, 5.74) is 4.47. The summed E-state index contributed by atoms with van der Waals surface area (Å²) in [7, 11) is 0. The van der Waals surface area contributed by atoms with Gasteiger partial charge in [0.2, 0.25) is 0 Å². The average molecular weight is 218 g/mol.